The van der Waals surface area contributed by atoms with Gasteiger partial charge in [-0.2, -0.15) is 0 Å². The average Bonchev–Trinajstić information content (AvgIpc) is 3.16. The van der Waals surface area contributed by atoms with Crippen LogP contribution in [-0.2, 0) is 9.59 Å². The number of anilines is 2. The first-order chi connectivity index (χ1) is 9.54. The molecule has 1 aliphatic rings. The van der Waals surface area contributed by atoms with Crippen molar-refractivity contribution in [1.29, 1.82) is 0 Å². The van der Waals surface area contributed by atoms with Crippen LogP contribution in [0.3, 0.4) is 0 Å². The first-order valence-corrected chi connectivity index (χ1v) is 7.41. The van der Waals surface area contributed by atoms with Gasteiger partial charge < -0.3 is 16.0 Å². The summed E-state index contributed by atoms with van der Waals surface area (Å²) in [7, 11) is 0. The molecule has 2 rings (SSSR count). The quantitative estimate of drug-likeness (QED) is 0.715. The van der Waals surface area contributed by atoms with E-state index in [0.29, 0.717) is 11.4 Å². The Balaban J connectivity index is 0.00000220. The smallest absolute Gasteiger partial charge is 0.238 e. The van der Waals surface area contributed by atoms with Crippen molar-refractivity contribution in [2.75, 3.05) is 23.7 Å². The van der Waals surface area contributed by atoms with Gasteiger partial charge >= 0.3 is 0 Å². The lowest BCUT2D eigenvalue weighted by molar-refractivity contribution is -0.116. The van der Waals surface area contributed by atoms with E-state index in [9.17, 15) is 9.59 Å². The molecule has 116 valence electrons. The minimum absolute atomic E-state index is 0. The highest BCUT2D eigenvalue weighted by Gasteiger charge is 2.20. The van der Waals surface area contributed by atoms with Gasteiger partial charge in [-0.25, -0.2) is 0 Å². The normalized spacial score (nSPS) is 13.2. The SMILES string of the molecule is CC(=O)Nc1ccc(Br)cc1NC(=O)CNCC1CC1.Cl. The predicted molar refractivity (Wildman–Crippen MR) is 89.9 cm³/mol. The van der Waals surface area contributed by atoms with Gasteiger partial charge in [0.05, 0.1) is 17.9 Å². The molecule has 1 aromatic rings. The third-order valence-corrected chi connectivity index (χ3v) is 3.48. The second-order valence-electron chi connectivity index (χ2n) is 4.99. The number of hydrogen-bond acceptors (Lipinski definition) is 3. The van der Waals surface area contributed by atoms with Gasteiger partial charge in [0.1, 0.15) is 0 Å². The fourth-order valence-corrected chi connectivity index (χ4v) is 2.19. The maximum atomic E-state index is 11.9. The minimum Gasteiger partial charge on any atom is -0.325 e. The molecule has 0 radical (unpaired) electrons. The summed E-state index contributed by atoms with van der Waals surface area (Å²) in [6.07, 6.45) is 2.51. The van der Waals surface area contributed by atoms with Crippen molar-refractivity contribution in [3.8, 4) is 0 Å². The van der Waals surface area contributed by atoms with Gasteiger partial charge in [-0.05, 0) is 43.5 Å². The molecule has 1 aromatic carbocycles. The molecule has 0 atom stereocenters. The van der Waals surface area contributed by atoms with Crippen LogP contribution in [0.1, 0.15) is 19.8 Å². The zero-order chi connectivity index (χ0) is 14.5. The van der Waals surface area contributed by atoms with Crippen LogP contribution in [0.5, 0.6) is 0 Å². The van der Waals surface area contributed by atoms with Crippen LogP contribution in [0.2, 0.25) is 0 Å². The molecule has 0 aliphatic heterocycles. The third kappa shape index (κ3) is 6.46. The highest BCUT2D eigenvalue weighted by atomic mass is 79.9. The molecule has 5 nitrogen and oxygen atoms in total. The van der Waals surface area contributed by atoms with E-state index in [4.69, 9.17) is 0 Å². The zero-order valence-corrected chi connectivity index (χ0v) is 14.1. The molecule has 21 heavy (non-hydrogen) atoms. The standard InChI is InChI=1S/C14H18BrN3O2.ClH/c1-9(19)17-12-5-4-11(15)6-13(12)18-14(20)8-16-7-10-2-3-10;/h4-6,10,16H,2-3,7-8H2,1H3,(H,17,19)(H,18,20);1H. The molecular weight excluding hydrogens is 358 g/mol. The van der Waals surface area contributed by atoms with E-state index < -0.39 is 0 Å². The number of amides is 2. The van der Waals surface area contributed by atoms with Gasteiger partial charge in [-0.3, -0.25) is 9.59 Å². The molecular formula is C14H19BrClN3O2. The fourth-order valence-electron chi connectivity index (χ4n) is 1.82. The van der Waals surface area contributed by atoms with Gasteiger partial charge in [0.2, 0.25) is 11.8 Å². The van der Waals surface area contributed by atoms with Crippen molar-refractivity contribution >= 4 is 51.5 Å². The monoisotopic (exact) mass is 375 g/mol. The molecule has 0 aromatic heterocycles. The van der Waals surface area contributed by atoms with Crippen LogP contribution in [0, 0.1) is 5.92 Å². The minimum atomic E-state index is -0.172. The topological polar surface area (TPSA) is 70.2 Å². The molecule has 0 spiro atoms. The summed E-state index contributed by atoms with van der Waals surface area (Å²) < 4.78 is 0.841. The maximum absolute atomic E-state index is 11.9. The van der Waals surface area contributed by atoms with E-state index in [0.717, 1.165) is 16.9 Å². The van der Waals surface area contributed by atoms with Crippen molar-refractivity contribution in [1.82, 2.24) is 5.32 Å². The molecule has 7 heteroatoms. The molecule has 1 fully saturated rings. The van der Waals surface area contributed by atoms with Gasteiger partial charge in [-0.15, -0.1) is 12.4 Å². The Morgan fingerprint density at radius 1 is 1.24 bits per heavy atom. The van der Waals surface area contributed by atoms with Crippen molar-refractivity contribution < 1.29 is 9.59 Å². The molecule has 0 saturated heterocycles. The first-order valence-electron chi connectivity index (χ1n) is 6.62. The van der Waals surface area contributed by atoms with Gasteiger partial charge in [0.25, 0.3) is 0 Å². The molecule has 2 amide bonds. The Labute approximate surface area is 138 Å². The Morgan fingerprint density at radius 2 is 1.95 bits per heavy atom. The summed E-state index contributed by atoms with van der Waals surface area (Å²) in [5.41, 5.74) is 1.18. The largest absolute Gasteiger partial charge is 0.325 e. The van der Waals surface area contributed by atoms with Gasteiger partial charge in [0.15, 0.2) is 0 Å². The summed E-state index contributed by atoms with van der Waals surface area (Å²) in [6, 6.07) is 5.33. The number of nitrogens with one attached hydrogen (secondary N) is 3. The second kappa shape index (κ2) is 8.36. The number of carbonyl (C=O) groups excluding carboxylic acids is 2. The fraction of sp³-hybridized carbons (Fsp3) is 0.429. The molecule has 0 bridgehead atoms. The summed E-state index contributed by atoms with van der Waals surface area (Å²) in [6.45, 7) is 2.61. The third-order valence-electron chi connectivity index (χ3n) is 2.98. The highest BCUT2D eigenvalue weighted by molar-refractivity contribution is 9.10. The van der Waals surface area contributed by atoms with Crippen LogP contribution < -0.4 is 16.0 Å². The van der Waals surface area contributed by atoms with Crippen molar-refractivity contribution in [2.45, 2.75) is 19.8 Å². The van der Waals surface area contributed by atoms with Gasteiger partial charge in [-0.1, -0.05) is 15.9 Å². The maximum Gasteiger partial charge on any atom is 0.238 e. The molecule has 1 aliphatic carbocycles. The van der Waals surface area contributed by atoms with E-state index in [1.165, 1.54) is 19.8 Å². The highest BCUT2D eigenvalue weighted by Crippen LogP contribution is 2.27. The second-order valence-corrected chi connectivity index (χ2v) is 5.91. The molecule has 0 heterocycles. The summed E-state index contributed by atoms with van der Waals surface area (Å²) in [5.74, 6) is 0.452. The summed E-state index contributed by atoms with van der Waals surface area (Å²) >= 11 is 3.35. The summed E-state index contributed by atoms with van der Waals surface area (Å²) in [5, 5.41) is 8.63. The Kier molecular flexibility index (Phi) is 7.14. The lowest BCUT2D eigenvalue weighted by atomic mass is 10.2. The molecule has 0 unspecified atom stereocenters. The van der Waals surface area contributed by atoms with Crippen LogP contribution >= 0.6 is 28.3 Å². The summed E-state index contributed by atoms with van der Waals surface area (Å²) in [4.78, 5) is 23.0. The van der Waals surface area contributed by atoms with Crippen LogP contribution in [0.15, 0.2) is 22.7 Å². The lowest BCUT2D eigenvalue weighted by Gasteiger charge is -2.12. The number of benzene rings is 1. The number of halogens is 2. The van der Waals surface area contributed by atoms with E-state index in [2.05, 4.69) is 31.9 Å². The number of rotatable bonds is 6. The predicted octanol–water partition coefficient (Wildman–Crippen LogP) is 2.77. The van der Waals surface area contributed by atoms with E-state index >= 15 is 0 Å². The van der Waals surface area contributed by atoms with Crippen molar-refractivity contribution in [3.63, 3.8) is 0 Å². The van der Waals surface area contributed by atoms with Crippen molar-refractivity contribution in [3.05, 3.63) is 22.7 Å². The van der Waals surface area contributed by atoms with Gasteiger partial charge in [0, 0.05) is 11.4 Å². The lowest BCUT2D eigenvalue weighted by Crippen LogP contribution is -2.29. The Morgan fingerprint density at radius 3 is 2.57 bits per heavy atom. The van der Waals surface area contributed by atoms with Crippen LogP contribution in [0.25, 0.3) is 0 Å². The molecule has 1 saturated carbocycles. The van der Waals surface area contributed by atoms with E-state index in [-0.39, 0.29) is 30.8 Å². The Hall–Kier alpha value is -1.11. The van der Waals surface area contributed by atoms with Crippen molar-refractivity contribution in [2.24, 2.45) is 5.92 Å². The number of hydrogen-bond donors (Lipinski definition) is 3. The first kappa shape index (κ1) is 17.9. The van der Waals surface area contributed by atoms with Crippen LogP contribution in [0.4, 0.5) is 11.4 Å². The molecule has 3 N–H and O–H groups in total. The Bertz CT molecular complexity index is 521. The zero-order valence-electron chi connectivity index (χ0n) is 11.7. The van der Waals surface area contributed by atoms with E-state index in [1.807, 2.05) is 6.07 Å². The van der Waals surface area contributed by atoms with Crippen LogP contribution in [-0.4, -0.2) is 24.9 Å². The average molecular weight is 377 g/mol. The van der Waals surface area contributed by atoms with E-state index in [1.54, 1.807) is 12.1 Å². The number of carbonyl (C=O) groups is 2.